The second-order valence-corrected chi connectivity index (χ2v) is 11.4. The number of hydrogen-bond acceptors (Lipinski definition) is 7. The fourth-order valence-corrected chi connectivity index (χ4v) is 5.95. The molecule has 1 aromatic heterocycles. The summed E-state index contributed by atoms with van der Waals surface area (Å²) < 4.78 is 25.8. The van der Waals surface area contributed by atoms with E-state index >= 15 is 0 Å². The Kier molecular flexibility index (Phi) is 8.64. The van der Waals surface area contributed by atoms with E-state index in [9.17, 15) is 9.59 Å². The van der Waals surface area contributed by atoms with E-state index in [1.54, 1.807) is 18.9 Å². The van der Waals surface area contributed by atoms with Crippen LogP contribution in [-0.2, 0) is 24.7 Å². The molecule has 0 radical (unpaired) electrons. The Morgan fingerprint density at radius 1 is 0.978 bits per heavy atom. The van der Waals surface area contributed by atoms with E-state index in [0.29, 0.717) is 79.8 Å². The van der Waals surface area contributed by atoms with Crippen molar-refractivity contribution in [1.82, 2.24) is 20.0 Å². The molecule has 3 aliphatic rings. The molecule has 10 heteroatoms. The number of ether oxygens (including phenoxy) is 4. The normalized spacial score (nSPS) is 16.7. The lowest BCUT2D eigenvalue weighted by Gasteiger charge is -2.38. The lowest BCUT2D eigenvalue weighted by atomic mass is 9.87. The van der Waals surface area contributed by atoms with Gasteiger partial charge in [0.2, 0.25) is 5.91 Å². The first kappa shape index (κ1) is 30.1. The van der Waals surface area contributed by atoms with Crippen LogP contribution in [0.15, 0.2) is 60.7 Å². The van der Waals surface area contributed by atoms with Gasteiger partial charge in [-0.3, -0.25) is 14.3 Å². The van der Waals surface area contributed by atoms with Crippen LogP contribution < -0.4 is 24.3 Å². The highest BCUT2D eigenvalue weighted by Crippen LogP contribution is 2.44. The van der Waals surface area contributed by atoms with Gasteiger partial charge in [0.15, 0.2) is 28.7 Å². The zero-order valence-corrected chi connectivity index (χ0v) is 26.1. The van der Waals surface area contributed by atoms with Crippen molar-refractivity contribution in [2.45, 2.75) is 38.6 Å². The number of nitrogens with one attached hydrogen (secondary N) is 1. The van der Waals surface area contributed by atoms with Crippen LogP contribution in [0.3, 0.4) is 0 Å². The average Bonchev–Trinajstić information content (AvgIpc) is 3.39. The number of methoxy groups -OCH3 is 2. The van der Waals surface area contributed by atoms with Crippen molar-refractivity contribution in [3.8, 4) is 28.7 Å². The Hall–Kier alpha value is -4.99. The highest BCUT2D eigenvalue weighted by molar-refractivity contribution is 5.93. The van der Waals surface area contributed by atoms with Crippen LogP contribution >= 0.6 is 0 Å². The molecule has 1 N–H and O–H groups in total. The minimum absolute atomic E-state index is 0.0185. The molecule has 45 heavy (non-hydrogen) atoms. The number of hydrogen-bond donors (Lipinski definition) is 1. The number of benzene rings is 3. The highest BCUT2D eigenvalue weighted by atomic mass is 16.5. The average molecular weight is 611 g/mol. The molecule has 8 bridgehead atoms. The number of carbonyl (C=O) groups is 2. The molecule has 0 fully saturated rings. The van der Waals surface area contributed by atoms with Gasteiger partial charge in [-0.25, -0.2) is 0 Å². The Labute approximate surface area is 262 Å². The molecule has 7 rings (SSSR count). The topological polar surface area (TPSA) is 104 Å². The first-order chi connectivity index (χ1) is 21.8. The van der Waals surface area contributed by atoms with Crippen molar-refractivity contribution in [2.75, 3.05) is 33.9 Å². The fraction of sp³-hybridized carbons (Fsp3) is 0.343. The van der Waals surface area contributed by atoms with Gasteiger partial charge in [-0.15, -0.1) is 0 Å². The predicted molar refractivity (Wildman–Crippen MR) is 168 cm³/mol. The van der Waals surface area contributed by atoms with Crippen molar-refractivity contribution >= 4 is 11.8 Å². The third kappa shape index (κ3) is 6.31. The van der Waals surface area contributed by atoms with E-state index < -0.39 is 6.04 Å². The summed E-state index contributed by atoms with van der Waals surface area (Å²) in [5, 5.41) is 7.48. The van der Waals surface area contributed by atoms with Crippen LogP contribution in [0.25, 0.3) is 0 Å². The molecule has 4 aromatic rings. The van der Waals surface area contributed by atoms with Crippen molar-refractivity contribution in [1.29, 1.82) is 0 Å². The number of rotatable bonds is 3. The van der Waals surface area contributed by atoms with E-state index in [0.717, 1.165) is 27.9 Å². The zero-order valence-electron chi connectivity index (χ0n) is 26.1. The molecule has 0 saturated heterocycles. The number of carbonyl (C=O) groups excluding carboxylic acids is 2. The Morgan fingerprint density at radius 3 is 2.60 bits per heavy atom. The number of aromatic nitrogens is 2. The maximum atomic E-state index is 14.1. The largest absolute Gasteiger partial charge is 0.493 e. The maximum Gasteiger partial charge on any atom is 0.275 e. The molecule has 0 aliphatic carbocycles. The van der Waals surface area contributed by atoms with Crippen LogP contribution in [0, 0.1) is 6.92 Å². The maximum absolute atomic E-state index is 14.1. The van der Waals surface area contributed by atoms with Gasteiger partial charge in [0.25, 0.3) is 5.91 Å². The first-order valence-electron chi connectivity index (χ1n) is 15.2. The summed E-state index contributed by atoms with van der Waals surface area (Å²) in [6, 6.07) is 18.9. The molecule has 10 nitrogen and oxygen atoms in total. The van der Waals surface area contributed by atoms with E-state index in [4.69, 9.17) is 18.9 Å². The molecule has 3 aliphatic heterocycles. The lowest BCUT2D eigenvalue weighted by Crippen LogP contribution is -2.41. The highest BCUT2D eigenvalue weighted by Gasteiger charge is 2.35. The summed E-state index contributed by atoms with van der Waals surface area (Å²) in [6.07, 6.45) is 2.21. The molecule has 4 heterocycles. The third-order valence-electron chi connectivity index (χ3n) is 8.42. The second kappa shape index (κ2) is 12.9. The summed E-state index contributed by atoms with van der Waals surface area (Å²) in [5.41, 5.74) is 5.14. The summed E-state index contributed by atoms with van der Waals surface area (Å²) in [4.78, 5) is 28.5. The third-order valence-corrected chi connectivity index (χ3v) is 8.42. The SMILES string of the molecule is COc1ccc2cc1OCCCNC(=O)CCc1cccc(c1)Oc1cc3c(cc1OC)C2N(C(=O)c1cc(C)n(C)n1)CC3. The molecular weight excluding hydrogens is 572 g/mol. The quantitative estimate of drug-likeness (QED) is 0.342. The van der Waals surface area contributed by atoms with Gasteiger partial charge in [0, 0.05) is 32.3 Å². The second-order valence-electron chi connectivity index (χ2n) is 11.4. The van der Waals surface area contributed by atoms with Crippen molar-refractivity contribution in [3.05, 3.63) is 94.3 Å². The van der Waals surface area contributed by atoms with Crippen molar-refractivity contribution < 1.29 is 28.5 Å². The number of nitrogens with zero attached hydrogens (tertiary/aromatic N) is 3. The molecule has 3 aromatic carbocycles. The first-order valence-corrected chi connectivity index (χ1v) is 15.2. The van der Waals surface area contributed by atoms with Crippen LogP contribution in [0.1, 0.15) is 57.3 Å². The van der Waals surface area contributed by atoms with Gasteiger partial charge in [-0.1, -0.05) is 18.2 Å². The number of amides is 2. The van der Waals surface area contributed by atoms with Gasteiger partial charge in [-0.2, -0.15) is 5.10 Å². The van der Waals surface area contributed by atoms with Crippen molar-refractivity contribution in [3.63, 3.8) is 0 Å². The van der Waals surface area contributed by atoms with Gasteiger partial charge >= 0.3 is 0 Å². The van der Waals surface area contributed by atoms with Crippen LogP contribution in [0.2, 0.25) is 0 Å². The van der Waals surface area contributed by atoms with E-state index in [2.05, 4.69) is 10.4 Å². The summed E-state index contributed by atoms with van der Waals surface area (Å²) in [7, 11) is 5.04. The molecule has 1 atom stereocenters. The van der Waals surface area contributed by atoms with Gasteiger partial charge in [0.1, 0.15) is 5.75 Å². The number of fused-ring (bicyclic) bond motifs is 8. The minimum Gasteiger partial charge on any atom is -0.493 e. The Morgan fingerprint density at radius 2 is 1.82 bits per heavy atom. The minimum atomic E-state index is -0.451. The standard InChI is InChI=1S/C35H38N4O6/c1-22-17-28(37-38(22)2)35(41)39-15-13-24-19-32-30(43-4)21-27(24)34(39)25-10-11-29(42-3)31(20-25)44-16-6-14-36-33(40)12-9-23-7-5-8-26(18-23)45-32/h5,7-8,10-11,17-21,34H,6,9,12-16H2,1-4H3,(H,36,40). The number of aryl methyl sites for hydroxylation is 3. The van der Waals surface area contributed by atoms with E-state index in [1.165, 1.54) is 0 Å². The van der Waals surface area contributed by atoms with Crippen LogP contribution in [-0.4, -0.2) is 60.4 Å². The van der Waals surface area contributed by atoms with Crippen LogP contribution in [0.5, 0.6) is 28.7 Å². The smallest absolute Gasteiger partial charge is 0.275 e. The lowest BCUT2D eigenvalue weighted by molar-refractivity contribution is -0.121. The molecule has 2 amide bonds. The van der Waals surface area contributed by atoms with Crippen molar-refractivity contribution in [2.24, 2.45) is 7.05 Å². The van der Waals surface area contributed by atoms with E-state index in [-0.39, 0.29) is 11.8 Å². The molecule has 234 valence electrons. The Balaban J connectivity index is 1.47. The monoisotopic (exact) mass is 610 g/mol. The van der Waals surface area contributed by atoms with E-state index in [1.807, 2.05) is 79.5 Å². The van der Waals surface area contributed by atoms with Gasteiger partial charge in [-0.05, 0) is 90.9 Å². The Bertz CT molecular complexity index is 1710. The summed E-state index contributed by atoms with van der Waals surface area (Å²) in [6.45, 7) is 3.28. The fourth-order valence-electron chi connectivity index (χ4n) is 5.95. The summed E-state index contributed by atoms with van der Waals surface area (Å²) >= 11 is 0. The van der Waals surface area contributed by atoms with Crippen LogP contribution in [0.4, 0.5) is 0 Å². The predicted octanol–water partition coefficient (Wildman–Crippen LogP) is 5.16. The summed E-state index contributed by atoms with van der Waals surface area (Å²) in [5.74, 6) is 2.76. The van der Waals surface area contributed by atoms with Gasteiger partial charge in [0.05, 0.1) is 26.9 Å². The zero-order chi connectivity index (χ0) is 31.5. The molecule has 0 spiro atoms. The molecule has 0 saturated carbocycles. The van der Waals surface area contributed by atoms with Gasteiger partial charge < -0.3 is 29.2 Å². The molecule has 1 unspecified atom stereocenters. The molecular formula is C35H38N4O6.